The minimum atomic E-state index is -0.621. The third-order valence-electron chi connectivity index (χ3n) is 3.23. The molecule has 5 nitrogen and oxygen atoms in total. The quantitative estimate of drug-likeness (QED) is 0.611. The summed E-state index contributed by atoms with van der Waals surface area (Å²) in [5, 5.41) is 0. The minimum Gasteiger partial charge on any atom is -0.496 e. The summed E-state index contributed by atoms with van der Waals surface area (Å²) in [6.45, 7) is 5.37. The van der Waals surface area contributed by atoms with Crippen molar-refractivity contribution in [1.82, 2.24) is 0 Å². The van der Waals surface area contributed by atoms with E-state index in [1.807, 2.05) is 6.07 Å². The van der Waals surface area contributed by atoms with E-state index in [0.717, 1.165) is 0 Å². The minimum absolute atomic E-state index is 0.0191. The third kappa shape index (κ3) is 5.35. The van der Waals surface area contributed by atoms with Gasteiger partial charge in [0.2, 0.25) is 0 Å². The first-order valence-corrected chi connectivity index (χ1v) is 7.95. The fourth-order valence-corrected chi connectivity index (χ4v) is 2.27. The van der Waals surface area contributed by atoms with Crippen LogP contribution in [0.4, 0.5) is 0 Å². The van der Waals surface area contributed by atoms with Gasteiger partial charge in [-0.25, -0.2) is 4.79 Å². The largest absolute Gasteiger partial charge is 0.496 e. The Morgan fingerprint density at radius 2 is 1.64 bits per heavy atom. The van der Waals surface area contributed by atoms with Gasteiger partial charge < -0.3 is 14.2 Å². The lowest BCUT2D eigenvalue weighted by Crippen LogP contribution is -2.24. The van der Waals surface area contributed by atoms with Crippen LogP contribution in [0.15, 0.2) is 48.5 Å². The van der Waals surface area contributed by atoms with Crippen molar-refractivity contribution in [2.75, 3.05) is 7.11 Å². The summed E-state index contributed by atoms with van der Waals surface area (Å²) < 4.78 is 16.0. The van der Waals surface area contributed by atoms with Crippen LogP contribution in [0.3, 0.4) is 0 Å². The van der Waals surface area contributed by atoms with Crippen molar-refractivity contribution in [1.29, 1.82) is 0 Å². The molecule has 2 aromatic rings. The molecule has 2 rings (SSSR count). The van der Waals surface area contributed by atoms with E-state index in [4.69, 9.17) is 14.2 Å². The van der Waals surface area contributed by atoms with Crippen LogP contribution >= 0.6 is 0 Å². The second kappa shape index (κ2) is 7.83. The summed E-state index contributed by atoms with van der Waals surface area (Å²) in [6, 6.07) is 13.8. The average molecular weight is 342 g/mol. The number of carbonyl (C=O) groups is 2. The fraction of sp³-hybridized carbons (Fsp3) is 0.300. The van der Waals surface area contributed by atoms with Gasteiger partial charge in [-0.15, -0.1) is 0 Å². The Morgan fingerprint density at radius 1 is 0.960 bits per heavy atom. The Bertz CT molecular complexity index is 744. The lowest BCUT2D eigenvalue weighted by molar-refractivity contribution is -0.133. The van der Waals surface area contributed by atoms with Crippen LogP contribution in [0.1, 0.15) is 36.7 Å². The standard InChI is InChI=1S/C20H22O5/c1-20(2,3)25-19(22)16-12-8-9-14(18(16)23-4)13-17(21)24-15-10-6-5-7-11-15/h5-12H,13H2,1-4H3. The molecule has 132 valence electrons. The number of rotatable bonds is 5. The first kappa shape index (κ1) is 18.5. The number of hydrogen-bond donors (Lipinski definition) is 0. The fourth-order valence-electron chi connectivity index (χ4n) is 2.27. The van der Waals surface area contributed by atoms with Gasteiger partial charge in [0.1, 0.15) is 22.7 Å². The topological polar surface area (TPSA) is 61.8 Å². The summed E-state index contributed by atoms with van der Waals surface area (Å²) in [6.07, 6.45) is -0.0191. The number of methoxy groups -OCH3 is 1. The predicted octanol–water partition coefficient (Wildman–Crippen LogP) is 3.80. The molecule has 0 saturated carbocycles. The number of benzene rings is 2. The Morgan fingerprint density at radius 3 is 2.24 bits per heavy atom. The molecule has 0 N–H and O–H groups in total. The molecule has 0 aliphatic carbocycles. The normalized spacial score (nSPS) is 10.9. The van der Waals surface area contributed by atoms with E-state index in [2.05, 4.69) is 0 Å². The van der Waals surface area contributed by atoms with Crippen molar-refractivity contribution in [3.8, 4) is 11.5 Å². The molecule has 0 radical (unpaired) electrons. The molecule has 2 aromatic carbocycles. The summed E-state index contributed by atoms with van der Waals surface area (Å²) in [5.74, 6) is -0.148. The highest BCUT2D eigenvalue weighted by Crippen LogP contribution is 2.27. The van der Waals surface area contributed by atoms with Crippen molar-refractivity contribution in [3.05, 3.63) is 59.7 Å². The molecule has 5 heteroatoms. The van der Waals surface area contributed by atoms with Crippen LogP contribution in [0.25, 0.3) is 0 Å². The zero-order valence-electron chi connectivity index (χ0n) is 14.9. The number of carbonyl (C=O) groups excluding carboxylic acids is 2. The number of esters is 2. The zero-order chi connectivity index (χ0) is 18.4. The van der Waals surface area contributed by atoms with Crippen molar-refractivity contribution < 1.29 is 23.8 Å². The third-order valence-corrected chi connectivity index (χ3v) is 3.23. The summed E-state index contributed by atoms with van der Waals surface area (Å²) in [5.41, 5.74) is 0.221. The van der Waals surface area contributed by atoms with Crippen LogP contribution < -0.4 is 9.47 Å². The molecule has 25 heavy (non-hydrogen) atoms. The molecule has 0 atom stereocenters. The Kier molecular flexibility index (Phi) is 5.80. The van der Waals surface area contributed by atoms with E-state index in [-0.39, 0.29) is 12.0 Å². The summed E-state index contributed by atoms with van der Waals surface area (Å²) in [7, 11) is 1.45. The Hall–Kier alpha value is -2.82. The lowest BCUT2D eigenvalue weighted by atomic mass is 10.1. The molecular formula is C20H22O5. The van der Waals surface area contributed by atoms with Crippen molar-refractivity contribution in [3.63, 3.8) is 0 Å². The lowest BCUT2D eigenvalue weighted by Gasteiger charge is -2.21. The molecule has 0 unspecified atom stereocenters. The second-order valence-electron chi connectivity index (χ2n) is 6.46. The van der Waals surface area contributed by atoms with Crippen LogP contribution in [-0.4, -0.2) is 24.6 Å². The molecular weight excluding hydrogens is 320 g/mol. The first-order valence-electron chi connectivity index (χ1n) is 7.95. The van der Waals surface area contributed by atoms with E-state index in [9.17, 15) is 9.59 Å². The maximum absolute atomic E-state index is 12.4. The van der Waals surface area contributed by atoms with E-state index >= 15 is 0 Å². The maximum Gasteiger partial charge on any atom is 0.342 e. The highest BCUT2D eigenvalue weighted by atomic mass is 16.6. The molecule has 0 aromatic heterocycles. The molecule has 0 amide bonds. The Balaban J connectivity index is 2.19. The van der Waals surface area contributed by atoms with Gasteiger partial charge in [-0.2, -0.15) is 0 Å². The van der Waals surface area contributed by atoms with Crippen LogP contribution in [0.2, 0.25) is 0 Å². The second-order valence-corrected chi connectivity index (χ2v) is 6.46. The molecule has 0 spiro atoms. The van der Waals surface area contributed by atoms with Gasteiger partial charge in [0, 0.05) is 5.56 Å². The van der Waals surface area contributed by atoms with Gasteiger partial charge in [-0.1, -0.05) is 30.3 Å². The maximum atomic E-state index is 12.4. The molecule has 0 saturated heterocycles. The number of hydrogen-bond acceptors (Lipinski definition) is 5. The monoisotopic (exact) mass is 342 g/mol. The number of ether oxygens (including phenoxy) is 3. The molecule has 0 aliphatic heterocycles. The number of para-hydroxylation sites is 2. The molecule has 0 bridgehead atoms. The Labute approximate surface area is 147 Å². The first-order chi connectivity index (χ1) is 11.8. The van der Waals surface area contributed by atoms with Crippen LogP contribution in [-0.2, 0) is 16.0 Å². The zero-order valence-corrected chi connectivity index (χ0v) is 14.9. The summed E-state index contributed by atoms with van der Waals surface area (Å²) in [4.78, 5) is 24.5. The molecule has 0 aliphatic rings. The SMILES string of the molecule is COc1c(CC(=O)Oc2ccccc2)cccc1C(=O)OC(C)(C)C. The van der Waals surface area contributed by atoms with Gasteiger partial charge in [0.25, 0.3) is 0 Å². The molecule has 0 fully saturated rings. The highest BCUT2D eigenvalue weighted by molar-refractivity contribution is 5.94. The van der Waals surface area contributed by atoms with Crippen molar-refractivity contribution in [2.24, 2.45) is 0 Å². The van der Waals surface area contributed by atoms with Gasteiger partial charge in [0.15, 0.2) is 0 Å². The van der Waals surface area contributed by atoms with Gasteiger partial charge >= 0.3 is 11.9 Å². The van der Waals surface area contributed by atoms with Crippen LogP contribution in [0, 0.1) is 0 Å². The van der Waals surface area contributed by atoms with Gasteiger partial charge in [-0.05, 0) is 39.0 Å². The van der Waals surface area contributed by atoms with Crippen LogP contribution in [0.5, 0.6) is 11.5 Å². The van der Waals surface area contributed by atoms with E-state index < -0.39 is 17.5 Å². The predicted molar refractivity (Wildman–Crippen MR) is 93.9 cm³/mol. The van der Waals surface area contributed by atoms with Gasteiger partial charge in [-0.3, -0.25) is 4.79 Å². The van der Waals surface area contributed by atoms with Gasteiger partial charge in [0.05, 0.1) is 13.5 Å². The van der Waals surface area contributed by atoms with Crippen molar-refractivity contribution in [2.45, 2.75) is 32.8 Å². The van der Waals surface area contributed by atoms with Crippen molar-refractivity contribution >= 4 is 11.9 Å². The van der Waals surface area contributed by atoms with E-state index in [1.54, 1.807) is 63.2 Å². The highest BCUT2D eigenvalue weighted by Gasteiger charge is 2.23. The average Bonchev–Trinajstić information content (AvgIpc) is 2.53. The molecule has 0 heterocycles. The van der Waals surface area contributed by atoms with E-state index in [1.165, 1.54) is 7.11 Å². The summed E-state index contributed by atoms with van der Waals surface area (Å²) >= 11 is 0. The smallest absolute Gasteiger partial charge is 0.342 e. The van der Waals surface area contributed by atoms with E-state index in [0.29, 0.717) is 17.1 Å².